The van der Waals surface area contributed by atoms with Crippen LogP contribution in [-0.2, 0) is 4.79 Å². The fourth-order valence-corrected chi connectivity index (χ4v) is 1.47. The third kappa shape index (κ3) is 3.01. The Bertz CT molecular complexity index is 516. The summed E-state index contributed by atoms with van der Waals surface area (Å²) in [4.78, 5) is 23.7. The van der Waals surface area contributed by atoms with Crippen LogP contribution in [0.2, 0.25) is 0 Å². The summed E-state index contributed by atoms with van der Waals surface area (Å²) in [5.74, 6) is 0.299. The Balaban J connectivity index is 3.06. The number of carboxylic acids is 1. The number of terminal acetylenes is 1. The molecule has 0 aliphatic heterocycles. The second-order valence-corrected chi connectivity index (χ2v) is 3.73. The second kappa shape index (κ2) is 5.73. The summed E-state index contributed by atoms with van der Waals surface area (Å²) >= 11 is 0. The molecule has 0 spiro atoms. The van der Waals surface area contributed by atoms with Crippen molar-refractivity contribution in [3.63, 3.8) is 0 Å². The molecule has 0 heterocycles. The number of amides is 1. The molecule has 18 heavy (non-hydrogen) atoms. The van der Waals surface area contributed by atoms with Crippen LogP contribution in [0.1, 0.15) is 15.9 Å². The minimum atomic E-state index is -1.16. The van der Waals surface area contributed by atoms with Crippen LogP contribution < -0.4 is 0 Å². The number of aromatic hydroxyl groups is 1. The maximum Gasteiger partial charge on any atom is 0.323 e. The largest absolute Gasteiger partial charge is 0.507 e. The summed E-state index contributed by atoms with van der Waals surface area (Å²) in [5.41, 5.74) is 0.586. The molecule has 5 heteroatoms. The lowest BCUT2D eigenvalue weighted by atomic mass is 10.1. The van der Waals surface area contributed by atoms with Crippen molar-refractivity contribution in [3.05, 3.63) is 29.3 Å². The zero-order valence-corrected chi connectivity index (χ0v) is 9.88. The molecule has 0 saturated heterocycles. The van der Waals surface area contributed by atoms with Gasteiger partial charge in [-0.15, -0.1) is 6.42 Å². The fraction of sp³-hybridized carbons (Fsp3) is 0.231. The van der Waals surface area contributed by atoms with Gasteiger partial charge < -0.3 is 15.1 Å². The van der Waals surface area contributed by atoms with Gasteiger partial charge in [0, 0.05) is 0 Å². The number of rotatable bonds is 4. The number of carbonyl (C=O) groups is 2. The molecular weight excluding hydrogens is 234 g/mol. The van der Waals surface area contributed by atoms with Crippen molar-refractivity contribution in [1.82, 2.24) is 4.90 Å². The lowest BCUT2D eigenvalue weighted by Crippen LogP contribution is -2.36. The van der Waals surface area contributed by atoms with Gasteiger partial charge in [0.1, 0.15) is 12.3 Å². The highest BCUT2D eigenvalue weighted by molar-refractivity contribution is 5.98. The number of phenolic OH excluding ortho intramolecular Hbond substituents is 1. The molecule has 2 N–H and O–H groups in total. The van der Waals surface area contributed by atoms with E-state index in [-0.39, 0.29) is 17.9 Å². The van der Waals surface area contributed by atoms with E-state index in [0.29, 0.717) is 5.56 Å². The van der Waals surface area contributed by atoms with Gasteiger partial charge in [-0.1, -0.05) is 18.1 Å². The number of hydrogen-bond donors (Lipinski definition) is 2. The molecule has 0 saturated carbocycles. The zero-order chi connectivity index (χ0) is 13.7. The molecule has 0 atom stereocenters. The van der Waals surface area contributed by atoms with E-state index >= 15 is 0 Å². The first-order valence-corrected chi connectivity index (χ1v) is 5.20. The van der Waals surface area contributed by atoms with Gasteiger partial charge in [0.15, 0.2) is 0 Å². The molecule has 0 unspecified atom stereocenters. The summed E-state index contributed by atoms with van der Waals surface area (Å²) in [5, 5.41) is 18.5. The Hall–Kier alpha value is -2.48. The smallest absolute Gasteiger partial charge is 0.323 e. The van der Waals surface area contributed by atoms with Crippen LogP contribution in [0.3, 0.4) is 0 Å². The number of nitrogens with zero attached hydrogens (tertiary/aromatic N) is 1. The average Bonchev–Trinajstić information content (AvgIpc) is 2.31. The molecule has 1 rings (SSSR count). The van der Waals surface area contributed by atoms with Gasteiger partial charge in [-0.25, -0.2) is 0 Å². The highest BCUT2D eigenvalue weighted by atomic mass is 16.4. The third-order valence-electron chi connectivity index (χ3n) is 2.36. The van der Waals surface area contributed by atoms with Gasteiger partial charge in [0.2, 0.25) is 0 Å². The van der Waals surface area contributed by atoms with E-state index in [1.54, 1.807) is 19.1 Å². The predicted molar refractivity (Wildman–Crippen MR) is 65.2 cm³/mol. The number of carbonyl (C=O) groups excluding carboxylic acids is 1. The summed E-state index contributed by atoms with van der Waals surface area (Å²) in [6.07, 6.45) is 5.09. The molecule has 0 aliphatic carbocycles. The zero-order valence-electron chi connectivity index (χ0n) is 9.88. The van der Waals surface area contributed by atoms with Gasteiger partial charge in [0.25, 0.3) is 5.91 Å². The van der Waals surface area contributed by atoms with Crippen molar-refractivity contribution in [1.29, 1.82) is 0 Å². The molecule has 0 bridgehead atoms. The van der Waals surface area contributed by atoms with Crippen molar-refractivity contribution in [3.8, 4) is 18.1 Å². The maximum absolute atomic E-state index is 12.1. The van der Waals surface area contributed by atoms with Crippen molar-refractivity contribution >= 4 is 11.9 Å². The highest BCUT2D eigenvalue weighted by Gasteiger charge is 2.20. The van der Waals surface area contributed by atoms with Gasteiger partial charge in [-0.2, -0.15) is 0 Å². The minimum absolute atomic E-state index is 0.0477. The molecule has 5 nitrogen and oxygen atoms in total. The van der Waals surface area contributed by atoms with Crippen molar-refractivity contribution < 1.29 is 19.8 Å². The van der Waals surface area contributed by atoms with Crippen LogP contribution in [0.5, 0.6) is 5.75 Å². The van der Waals surface area contributed by atoms with E-state index in [1.165, 1.54) is 6.07 Å². The summed E-state index contributed by atoms with van der Waals surface area (Å²) < 4.78 is 0. The Labute approximate surface area is 105 Å². The number of para-hydroxylation sites is 1. The molecule has 0 aromatic heterocycles. The van der Waals surface area contributed by atoms with Crippen LogP contribution in [0, 0.1) is 19.3 Å². The van der Waals surface area contributed by atoms with Gasteiger partial charge >= 0.3 is 5.97 Å². The van der Waals surface area contributed by atoms with Gasteiger partial charge in [-0.05, 0) is 18.6 Å². The van der Waals surface area contributed by atoms with Crippen LogP contribution in [0.15, 0.2) is 18.2 Å². The first kappa shape index (κ1) is 13.6. The number of aliphatic carboxylic acids is 1. The molecule has 1 amide bonds. The van der Waals surface area contributed by atoms with E-state index in [9.17, 15) is 14.7 Å². The summed E-state index contributed by atoms with van der Waals surface area (Å²) in [6, 6.07) is 4.68. The first-order chi connectivity index (χ1) is 8.47. The van der Waals surface area contributed by atoms with Crippen molar-refractivity contribution in [2.75, 3.05) is 13.1 Å². The maximum atomic E-state index is 12.1. The van der Waals surface area contributed by atoms with Gasteiger partial charge in [0.05, 0.1) is 12.1 Å². The Kier molecular flexibility index (Phi) is 4.33. The van der Waals surface area contributed by atoms with Crippen LogP contribution >= 0.6 is 0 Å². The normalized spacial score (nSPS) is 9.56. The van der Waals surface area contributed by atoms with Crippen molar-refractivity contribution in [2.45, 2.75) is 6.92 Å². The number of aryl methyl sites for hydroxylation is 1. The van der Waals surface area contributed by atoms with Gasteiger partial charge in [-0.3, -0.25) is 9.59 Å². The highest BCUT2D eigenvalue weighted by Crippen LogP contribution is 2.22. The Morgan fingerprint density at radius 1 is 1.44 bits per heavy atom. The van der Waals surface area contributed by atoms with E-state index in [1.807, 2.05) is 0 Å². The Morgan fingerprint density at radius 3 is 2.67 bits per heavy atom. The minimum Gasteiger partial charge on any atom is -0.507 e. The number of carboxylic acid groups (broad SMARTS) is 1. The van der Waals surface area contributed by atoms with Crippen molar-refractivity contribution in [2.24, 2.45) is 0 Å². The van der Waals surface area contributed by atoms with E-state index in [2.05, 4.69) is 5.92 Å². The first-order valence-electron chi connectivity index (χ1n) is 5.20. The predicted octanol–water partition coefficient (Wildman–Crippen LogP) is 0.861. The number of benzene rings is 1. The monoisotopic (exact) mass is 247 g/mol. The number of hydrogen-bond acceptors (Lipinski definition) is 3. The lowest BCUT2D eigenvalue weighted by molar-refractivity contribution is -0.137. The number of phenols is 1. The second-order valence-electron chi connectivity index (χ2n) is 3.73. The fourth-order valence-electron chi connectivity index (χ4n) is 1.47. The molecule has 0 fully saturated rings. The quantitative estimate of drug-likeness (QED) is 0.773. The molecule has 0 radical (unpaired) electrons. The Morgan fingerprint density at radius 2 is 2.11 bits per heavy atom. The standard InChI is InChI=1S/C13H13NO4/c1-3-7-14(8-11(15)16)13(18)10-6-4-5-9(2)12(10)17/h1,4-6,17H,7-8H2,2H3,(H,15,16). The SMILES string of the molecule is C#CCN(CC(=O)O)C(=O)c1cccc(C)c1O. The third-order valence-corrected chi connectivity index (χ3v) is 2.36. The summed E-state index contributed by atoms with van der Waals surface area (Å²) in [7, 11) is 0. The molecular formula is C13H13NO4. The molecule has 94 valence electrons. The molecule has 0 aliphatic rings. The van der Waals surface area contributed by atoms with Crippen LogP contribution in [-0.4, -0.2) is 40.1 Å². The van der Waals surface area contributed by atoms with Crippen LogP contribution in [0.4, 0.5) is 0 Å². The lowest BCUT2D eigenvalue weighted by Gasteiger charge is -2.18. The van der Waals surface area contributed by atoms with E-state index in [0.717, 1.165) is 4.90 Å². The van der Waals surface area contributed by atoms with Crippen LogP contribution in [0.25, 0.3) is 0 Å². The topological polar surface area (TPSA) is 77.8 Å². The van der Waals surface area contributed by atoms with E-state index in [4.69, 9.17) is 11.5 Å². The average molecular weight is 247 g/mol. The molecule has 1 aromatic rings. The van der Waals surface area contributed by atoms with E-state index < -0.39 is 18.4 Å². The summed E-state index contributed by atoms with van der Waals surface area (Å²) in [6.45, 7) is 1.02. The molecule has 1 aromatic carbocycles.